The molecule has 1 aromatic rings. The van der Waals surface area contributed by atoms with Crippen molar-refractivity contribution in [2.75, 3.05) is 0 Å². The molecule has 0 spiro atoms. The van der Waals surface area contributed by atoms with Gasteiger partial charge in [-0.2, -0.15) is 0 Å². The summed E-state index contributed by atoms with van der Waals surface area (Å²) in [4.78, 5) is 3.12. The Hall–Kier alpha value is -0.980. The number of hydrogen-bond acceptors (Lipinski definition) is 0. The van der Waals surface area contributed by atoms with Crippen LogP contribution >= 0.6 is 0 Å². The highest BCUT2D eigenvalue weighted by Crippen LogP contribution is 1.95. The molecular formula is C8H11N. The van der Waals surface area contributed by atoms with Gasteiger partial charge in [-0.25, -0.2) is 0 Å². The minimum absolute atomic E-state index is 1.02. The standard InChI is InChI=1S/C8H11N/c1-2-3-5-8-6-4-7-9-8/h2-4,6-7,9H,5H2,1H3. The summed E-state index contributed by atoms with van der Waals surface area (Å²) in [6, 6.07) is 4.10. The first-order chi connectivity index (χ1) is 4.43. The van der Waals surface area contributed by atoms with E-state index in [0.29, 0.717) is 0 Å². The Labute approximate surface area is 55.4 Å². The zero-order chi connectivity index (χ0) is 6.53. The smallest absolute Gasteiger partial charge is 0.0185 e. The lowest BCUT2D eigenvalue weighted by molar-refractivity contribution is 1.15. The molecular weight excluding hydrogens is 110 g/mol. The first-order valence-electron chi connectivity index (χ1n) is 3.17. The summed E-state index contributed by atoms with van der Waals surface area (Å²) in [5, 5.41) is 0. The predicted molar refractivity (Wildman–Crippen MR) is 39.3 cm³/mol. The molecule has 0 saturated carbocycles. The first kappa shape index (κ1) is 6.14. The van der Waals surface area contributed by atoms with Gasteiger partial charge in [0.25, 0.3) is 0 Å². The van der Waals surface area contributed by atoms with E-state index in [2.05, 4.69) is 23.2 Å². The number of nitrogens with one attached hydrogen (secondary N) is 1. The molecule has 0 unspecified atom stereocenters. The highest BCUT2D eigenvalue weighted by Gasteiger charge is 1.84. The van der Waals surface area contributed by atoms with Crippen molar-refractivity contribution >= 4 is 0 Å². The summed E-state index contributed by atoms with van der Waals surface area (Å²) in [7, 11) is 0. The molecule has 0 atom stereocenters. The molecule has 0 amide bonds. The largest absolute Gasteiger partial charge is 0.365 e. The van der Waals surface area contributed by atoms with Crippen LogP contribution in [0.2, 0.25) is 0 Å². The first-order valence-corrected chi connectivity index (χ1v) is 3.17. The fourth-order valence-electron chi connectivity index (χ4n) is 0.739. The number of allylic oxidation sites excluding steroid dienone is 2. The minimum Gasteiger partial charge on any atom is -0.365 e. The number of rotatable bonds is 2. The zero-order valence-electron chi connectivity index (χ0n) is 5.59. The van der Waals surface area contributed by atoms with Gasteiger partial charge in [0.15, 0.2) is 0 Å². The Morgan fingerprint density at radius 1 is 1.67 bits per heavy atom. The molecule has 0 aliphatic rings. The normalized spacial score (nSPS) is 10.8. The van der Waals surface area contributed by atoms with E-state index >= 15 is 0 Å². The molecule has 1 heterocycles. The van der Waals surface area contributed by atoms with Crippen molar-refractivity contribution in [3.05, 3.63) is 36.2 Å². The Morgan fingerprint density at radius 2 is 2.56 bits per heavy atom. The molecule has 0 aliphatic heterocycles. The van der Waals surface area contributed by atoms with Crippen molar-refractivity contribution in [2.45, 2.75) is 13.3 Å². The molecule has 0 radical (unpaired) electrons. The molecule has 0 bridgehead atoms. The van der Waals surface area contributed by atoms with Gasteiger partial charge in [0.05, 0.1) is 0 Å². The molecule has 48 valence electrons. The molecule has 9 heavy (non-hydrogen) atoms. The van der Waals surface area contributed by atoms with Crippen molar-refractivity contribution in [2.24, 2.45) is 0 Å². The van der Waals surface area contributed by atoms with Gasteiger partial charge in [-0.1, -0.05) is 12.2 Å². The van der Waals surface area contributed by atoms with Gasteiger partial charge in [-0.3, -0.25) is 0 Å². The Kier molecular flexibility index (Phi) is 2.13. The van der Waals surface area contributed by atoms with E-state index in [1.165, 1.54) is 5.69 Å². The quantitative estimate of drug-likeness (QED) is 0.577. The van der Waals surface area contributed by atoms with Gasteiger partial charge in [0, 0.05) is 18.3 Å². The maximum absolute atomic E-state index is 3.12. The van der Waals surface area contributed by atoms with Crippen LogP contribution in [0.3, 0.4) is 0 Å². The average molecular weight is 121 g/mol. The van der Waals surface area contributed by atoms with Crippen LogP contribution in [0.4, 0.5) is 0 Å². The van der Waals surface area contributed by atoms with Crippen LogP contribution in [0, 0.1) is 0 Å². The van der Waals surface area contributed by atoms with E-state index in [1.807, 2.05) is 19.2 Å². The third-order valence-electron chi connectivity index (χ3n) is 1.24. The van der Waals surface area contributed by atoms with Crippen molar-refractivity contribution in [3.63, 3.8) is 0 Å². The van der Waals surface area contributed by atoms with Crippen molar-refractivity contribution < 1.29 is 0 Å². The molecule has 0 saturated heterocycles. The summed E-state index contributed by atoms with van der Waals surface area (Å²) < 4.78 is 0. The van der Waals surface area contributed by atoms with Crippen LogP contribution < -0.4 is 0 Å². The fourth-order valence-corrected chi connectivity index (χ4v) is 0.739. The topological polar surface area (TPSA) is 15.8 Å². The average Bonchev–Trinajstić information content (AvgIpc) is 2.34. The van der Waals surface area contributed by atoms with Crippen LogP contribution in [0.25, 0.3) is 0 Å². The minimum atomic E-state index is 1.02. The lowest BCUT2D eigenvalue weighted by Crippen LogP contribution is -1.76. The summed E-state index contributed by atoms with van der Waals surface area (Å²) in [6.07, 6.45) is 7.15. The van der Waals surface area contributed by atoms with Crippen LogP contribution in [-0.4, -0.2) is 4.98 Å². The number of aromatic nitrogens is 1. The third-order valence-corrected chi connectivity index (χ3v) is 1.24. The predicted octanol–water partition coefficient (Wildman–Crippen LogP) is 2.13. The molecule has 1 nitrogen and oxygen atoms in total. The van der Waals surface area contributed by atoms with Crippen molar-refractivity contribution in [1.82, 2.24) is 4.98 Å². The second-order valence-corrected chi connectivity index (χ2v) is 1.97. The van der Waals surface area contributed by atoms with Gasteiger partial charge in [0.1, 0.15) is 0 Å². The second-order valence-electron chi connectivity index (χ2n) is 1.97. The zero-order valence-corrected chi connectivity index (χ0v) is 5.59. The third kappa shape index (κ3) is 1.76. The van der Waals surface area contributed by atoms with Gasteiger partial charge >= 0.3 is 0 Å². The number of H-pyrrole nitrogens is 1. The Balaban J connectivity index is 2.48. The lowest BCUT2D eigenvalue weighted by atomic mass is 10.3. The van der Waals surface area contributed by atoms with Crippen molar-refractivity contribution in [3.8, 4) is 0 Å². The van der Waals surface area contributed by atoms with Crippen LogP contribution in [-0.2, 0) is 6.42 Å². The Morgan fingerprint density at radius 3 is 3.11 bits per heavy atom. The molecule has 0 fully saturated rings. The fraction of sp³-hybridized carbons (Fsp3) is 0.250. The SMILES string of the molecule is CC=CCc1ccc[nH]1. The van der Waals surface area contributed by atoms with E-state index in [0.717, 1.165) is 6.42 Å². The van der Waals surface area contributed by atoms with E-state index < -0.39 is 0 Å². The maximum atomic E-state index is 3.12. The highest BCUT2D eigenvalue weighted by atomic mass is 14.7. The van der Waals surface area contributed by atoms with Crippen LogP contribution in [0.15, 0.2) is 30.5 Å². The molecule has 1 aromatic heterocycles. The summed E-state index contributed by atoms with van der Waals surface area (Å²) in [5.74, 6) is 0. The van der Waals surface area contributed by atoms with Gasteiger partial charge in [-0.15, -0.1) is 0 Å². The monoisotopic (exact) mass is 121 g/mol. The lowest BCUT2D eigenvalue weighted by Gasteiger charge is -1.85. The van der Waals surface area contributed by atoms with E-state index in [-0.39, 0.29) is 0 Å². The molecule has 1 rings (SSSR count). The Bertz CT molecular complexity index is 172. The van der Waals surface area contributed by atoms with E-state index in [9.17, 15) is 0 Å². The highest BCUT2D eigenvalue weighted by molar-refractivity contribution is 5.07. The van der Waals surface area contributed by atoms with Gasteiger partial charge in [0.2, 0.25) is 0 Å². The van der Waals surface area contributed by atoms with E-state index in [1.54, 1.807) is 0 Å². The number of aromatic amines is 1. The maximum Gasteiger partial charge on any atom is 0.0185 e. The molecule has 1 N–H and O–H groups in total. The van der Waals surface area contributed by atoms with E-state index in [4.69, 9.17) is 0 Å². The molecule has 1 heteroatoms. The summed E-state index contributed by atoms with van der Waals surface area (Å²) in [5.41, 5.74) is 1.27. The second kappa shape index (κ2) is 3.13. The van der Waals surface area contributed by atoms with Crippen LogP contribution in [0.5, 0.6) is 0 Å². The number of hydrogen-bond donors (Lipinski definition) is 1. The summed E-state index contributed by atoms with van der Waals surface area (Å²) >= 11 is 0. The summed E-state index contributed by atoms with van der Waals surface area (Å²) in [6.45, 7) is 2.03. The molecule has 0 aromatic carbocycles. The van der Waals surface area contributed by atoms with Gasteiger partial charge in [-0.05, 0) is 19.1 Å². The van der Waals surface area contributed by atoms with Gasteiger partial charge < -0.3 is 4.98 Å². The van der Waals surface area contributed by atoms with Crippen molar-refractivity contribution in [1.29, 1.82) is 0 Å². The van der Waals surface area contributed by atoms with Crippen LogP contribution in [0.1, 0.15) is 12.6 Å². The molecule has 0 aliphatic carbocycles.